The van der Waals surface area contributed by atoms with E-state index in [9.17, 15) is 9.36 Å². The van der Waals surface area contributed by atoms with Crippen LogP contribution in [0.1, 0.15) is 6.42 Å². The third kappa shape index (κ3) is 8.67. The van der Waals surface area contributed by atoms with Crippen molar-refractivity contribution < 1.29 is 23.9 Å². The van der Waals surface area contributed by atoms with Crippen molar-refractivity contribution >= 4 is 25.5 Å². The number of benzene rings is 2. The molecule has 150 valence electrons. The van der Waals surface area contributed by atoms with Gasteiger partial charge in [0.15, 0.2) is 12.8 Å². The Bertz CT molecular complexity index is 756. The van der Waals surface area contributed by atoms with E-state index < -0.39 is 7.95 Å². The highest BCUT2D eigenvalue weighted by atomic mass is 35.5. The molecule has 0 radical (unpaired) electrons. The summed E-state index contributed by atoms with van der Waals surface area (Å²) in [6, 6.07) is 14.0. The van der Waals surface area contributed by atoms with Crippen LogP contribution in [0.25, 0.3) is 0 Å². The lowest BCUT2D eigenvalue weighted by Gasteiger charge is -2.09. The van der Waals surface area contributed by atoms with Gasteiger partial charge in [0.25, 0.3) is 5.91 Å². The molecule has 28 heavy (non-hydrogen) atoms. The summed E-state index contributed by atoms with van der Waals surface area (Å²) in [5.74, 6) is 1.61. The SMILES string of the molecule is O=C(COc1ccc(Oc2ccc(Cl)cc2)cc1)NCCC[P+](=O)NCCO. The van der Waals surface area contributed by atoms with Crippen molar-refractivity contribution in [3.05, 3.63) is 53.6 Å². The van der Waals surface area contributed by atoms with Gasteiger partial charge in [0.2, 0.25) is 0 Å². The summed E-state index contributed by atoms with van der Waals surface area (Å²) in [6.07, 6.45) is 1.02. The Morgan fingerprint density at radius 3 is 2.25 bits per heavy atom. The normalized spacial score (nSPS) is 11.0. The third-order valence-electron chi connectivity index (χ3n) is 3.50. The van der Waals surface area contributed by atoms with Crippen LogP contribution in [0.5, 0.6) is 17.2 Å². The summed E-state index contributed by atoms with van der Waals surface area (Å²) >= 11 is 5.84. The van der Waals surface area contributed by atoms with Crippen molar-refractivity contribution in [2.75, 3.05) is 32.5 Å². The minimum atomic E-state index is -1.55. The monoisotopic (exact) mass is 425 g/mol. The van der Waals surface area contributed by atoms with Gasteiger partial charge in [-0.05, 0) is 48.5 Å². The Balaban J connectivity index is 1.64. The molecular formula is C19H23ClN2O5P+. The van der Waals surface area contributed by atoms with Gasteiger partial charge in [0.05, 0.1) is 13.2 Å². The summed E-state index contributed by atoms with van der Waals surface area (Å²) in [5.41, 5.74) is 0. The Labute approximate surface area is 169 Å². The van der Waals surface area contributed by atoms with Crippen molar-refractivity contribution in [1.29, 1.82) is 0 Å². The van der Waals surface area contributed by atoms with Crippen molar-refractivity contribution in [2.45, 2.75) is 6.42 Å². The van der Waals surface area contributed by atoms with Crippen LogP contribution in [0.3, 0.4) is 0 Å². The topological polar surface area (TPSA) is 96.9 Å². The molecule has 9 heteroatoms. The Morgan fingerprint density at radius 2 is 1.61 bits per heavy atom. The number of hydrogen-bond acceptors (Lipinski definition) is 5. The summed E-state index contributed by atoms with van der Waals surface area (Å²) in [5, 5.41) is 14.7. The summed E-state index contributed by atoms with van der Waals surface area (Å²) in [6.45, 7) is 0.562. The second-order valence-corrected chi connectivity index (χ2v) is 7.71. The van der Waals surface area contributed by atoms with Crippen LogP contribution >= 0.6 is 19.6 Å². The minimum Gasteiger partial charge on any atom is -0.484 e. The number of halogens is 1. The number of amides is 1. The molecule has 0 fully saturated rings. The van der Waals surface area contributed by atoms with Gasteiger partial charge < -0.3 is 19.9 Å². The molecule has 1 unspecified atom stereocenters. The fourth-order valence-corrected chi connectivity index (χ4v) is 3.23. The smallest absolute Gasteiger partial charge is 0.432 e. The van der Waals surface area contributed by atoms with Gasteiger partial charge >= 0.3 is 7.95 Å². The molecule has 0 saturated carbocycles. The third-order valence-corrected chi connectivity index (χ3v) is 5.05. The Kier molecular flexibility index (Phi) is 9.72. The zero-order valence-electron chi connectivity index (χ0n) is 15.3. The van der Waals surface area contributed by atoms with E-state index in [4.69, 9.17) is 26.2 Å². The minimum absolute atomic E-state index is 0.0522. The van der Waals surface area contributed by atoms with Gasteiger partial charge in [-0.15, -0.1) is 5.09 Å². The van der Waals surface area contributed by atoms with Gasteiger partial charge in [0, 0.05) is 18.0 Å². The first kappa shape index (κ1) is 22.1. The van der Waals surface area contributed by atoms with E-state index in [-0.39, 0.29) is 19.1 Å². The standard InChI is InChI=1S/C19H22ClN2O5P/c20-15-2-4-17(5-3-15)27-18-8-6-16(7-9-18)26-14-19(24)21-10-1-13-28(25)22-11-12-23/h2-9,23H,1,10-14H2,(H-,21,22,24,25)/p+1. The first-order valence-corrected chi connectivity index (χ1v) is 10.6. The average Bonchev–Trinajstić information content (AvgIpc) is 2.71. The van der Waals surface area contributed by atoms with E-state index in [2.05, 4.69) is 10.4 Å². The maximum Gasteiger partial charge on any atom is 0.432 e. The van der Waals surface area contributed by atoms with E-state index in [1.807, 2.05) is 0 Å². The Hall–Kier alpha value is -2.18. The van der Waals surface area contributed by atoms with Crippen LogP contribution < -0.4 is 19.9 Å². The lowest BCUT2D eigenvalue weighted by Crippen LogP contribution is -2.30. The molecule has 2 aromatic carbocycles. The molecule has 2 rings (SSSR count). The highest BCUT2D eigenvalue weighted by Gasteiger charge is 2.13. The van der Waals surface area contributed by atoms with Gasteiger partial charge in [-0.2, -0.15) is 0 Å². The van der Waals surface area contributed by atoms with Crippen LogP contribution in [-0.2, 0) is 9.36 Å². The van der Waals surface area contributed by atoms with Crippen LogP contribution in [0.4, 0.5) is 0 Å². The van der Waals surface area contributed by atoms with Crippen molar-refractivity contribution in [3.63, 3.8) is 0 Å². The zero-order valence-corrected chi connectivity index (χ0v) is 16.9. The molecule has 0 aliphatic carbocycles. The molecule has 0 heterocycles. The van der Waals surface area contributed by atoms with Crippen LogP contribution in [-0.4, -0.2) is 43.5 Å². The van der Waals surface area contributed by atoms with Gasteiger partial charge in [-0.25, -0.2) is 0 Å². The molecule has 3 N–H and O–H groups in total. The predicted octanol–water partition coefficient (Wildman–Crippen LogP) is 3.34. The lowest BCUT2D eigenvalue weighted by molar-refractivity contribution is -0.123. The quantitative estimate of drug-likeness (QED) is 0.356. The fraction of sp³-hybridized carbons (Fsp3) is 0.316. The fourth-order valence-electron chi connectivity index (χ4n) is 2.15. The Morgan fingerprint density at radius 1 is 1.00 bits per heavy atom. The molecular weight excluding hydrogens is 403 g/mol. The summed E-state index contributed by atoms with van der Waals surface area (Å²) in [4.78, 5) is 11.8. The van der Waals surface area contributed by atoms with Gasteiger partial charge in [-0.1, -0.05) is 16.2 Å². The van der Waals surface area contributed by atoms with Gasteiger partial charge in [0.1, 0.15) is 17.2 Å². The second kappa shape index (κ2) is 12.3. The molecule has 2 aromatic rings. The molecule has 0 aliphatic rings. The second-order valence-electron chi connectivity index (χ2n) is 5.75. The lowest BCUT2D eigenvalue weighted by atomic mass is 10.3. The van der Waals surface area contributed by atoms with E-state index in [1.54, 1.807) is 48.5 Å². The molecule has 0 saturated heterocycles. The van der Waals surface area contributed by atoms with E-state index in [1.165, 1.54) is 0 Å². The molecule has 0 aliphatic heterocycles. The van der Waals surface area contributed by atoms with E-state index >= 15 is 0 Å². The van der Waals surface area contributed by atoms with Crippen LogP contribution in [0, 0.1) is 0 Å². The molecule has 0 aromatic heterocycles. The van der Waals surface area contributed by atoms with E-state index in [0.29, 0.717) is 47.9 Å². The highest BCUT2D eigenvalue weighted by Crippen LogP contribution is 2.25. The highest BCUT2D eigenvalue weighted by molar-refractivity contribution is 7.42. The van der Waals surface area contributed by atoms with Crippen molar-refractivity contribution in [2.24, 2.45) is 0 Å². The molecule has 0 spiro atoms. The number of hydrogen-bond donors (Lipinski definition) is 3. The maximum absolute atomic E-state index is 11.8. The number of nitrogens with one attached hydrogen (secondary N) is 2. The number of aliphatic hydroxyl groups excluding tert-OH is 1. The first-order valence-electron chi connectivity index (χ1n) is 8.79. The zero-order chi connectivity index (χ0) is 20.2. The number of aliphatic hydroxyl groups is 1. The number of rotatable bonds is 12. The van der Waals surface area contributed by atoms with Crippen LogP contribution in [0.15, 0.2) is 48.5 Å². The van der Waals surface area contributed by atoms with Crippen molar-refractivity contribution in [3.8, 4) is 17.2 Å². The average molecular weight is 426 g/mol. The van der Waals surface area contributed by atoms with Gasteiger partial charge in [-0.3, -0.25) is 4.79 Å². The maximum atomic E-state index is 11.8. The summed E-state index contributed by atoms with van der Waals surface area (Å²) < 4.78 is 22.6. The van der Waals surface area contributed by atoms with E-state index in [0.717, 1.165) is 0 Å². The molecule has 7 nitrogen and oxygen atoms in total. The van der Waals surface area contributed by atoms with Crippen molar-refractivity contribution in [1.82, 2.24) is 10.4 Å². The molecule has 1 amide bonds. The van der Waals surface area contributed by atoms with Crippen LogP contribution in [0.2, 0.25) is 5.02 Å². The largest absolute Gasteiger partial charge is 0.484 e. The number of ether oxygens (including phenoxy) is 2. The number of carbonyl (C=O) groups is 1. The summed E-state index contributed by atoms with van der Waals surface area (Å²) in [7, 11) is -1.55. The molecule has 1 atom stereocenters. The molecule has 0 bridgehead atoms. The number of carbonyl (C=O) groups excluding carboxylic acids is 1. The first-order chi connectivity index (χ1) is 13.6. The predicted molar refractivity (Wildman–Crippen MR) is 109 cm³/mol.